The zero-order chi connectivity index (χ0) is 19.3. The number of carbonyl (C=O) groups excluding carboxylic acids is 2. The normalized spacial score (nSPS) is 11.0. The lowest BCUT2D eigenvalue weighted by Gasteiger charge is -2.19. The SMILES string of the molecule is Cc1cccc(OCC(=O)NNC(=O)c2ccc(C(C)(C)C)cc2)c1C. The van der Waals surface area contributed by atoms with Crippen LogP contribution in [-0.2, 0) is 10.2 Å². The standard InChI is InChI=1S/C21H26N2O3/c1-14-7-6-8-18(15(14)2)26-13-19(24)22-23-20(25)16-9-11-17(12-10-16)21(3,4)5/h6-12H,13H2,1-5H3,(H,22,24)(H,23,25). The first kappa shape index (κ1) is 19.5. The van der Waals surface area contributed by atoms with Crippen LogP contribution in [0.2, 0.25) is 0 Å². The van der Waals surface area contributed by atoms with Crippen LogP contribution in [0, 0.1) is 13.8 Å². The van der Waals surface area contributed by atoms with Crippen molar-refractivity contribution in [2.45, 2.75) is 40.0 Å². The van der Waals surface area contributed by atoms with Crippen LogP contribution < -0.4 is 15.6 Å². The summed E-state index contributed by atoms with van der Waals surface area (Å²) in [6, 6.07) is 13.0. The maximum atomic E-state index is 12.1. The molecule has 0 atom stereocenters. The quantitative estimate of drug-likeness (QED) is 0.827. The van der Waals surface area contributed by atoms with Crippen LogP contribution in [-0.4, -0.2) is 18.4 Å². The third-order valence-electron chi connectivity index (χ3n) is 4.24. The summed E-state index contributed by atoms with van der Waals surface area (Å²) >= 11 is 0. The molecule has 0 saturated heterocycles. The van der Waals surface area contributed by atoms with Crippen molar-refractivity contribution in [3.8, 4) is 5.75 Å². The van der Waals surface area contributed by atoms with Crippen LogP contribution in [0.4, 0.5) is 0 Å². The molecule has 0 unspecified atom stereocenters. The minimum absolute atomic E-state index is 0.0223. The Morgan fingerprint density at radius 1 is 0.962 bits per heavy atom. The average molecular weight is 354 g/mol. The van der Waals surface area contributed by atoms with E-state index in [2.05, 4.69) is 31.6 Å². The molecule has 26 heavy (non-hydrogen) atoms. The molecule has 0 aliphatic carbocycles. The van der Waals surface area contributed by atoms with Gasteiger partial charge in [-0.2, -0.15) is 0 Å². The maximum absolute atomic E-state index is 12.1. The Hall–Kier alpha value is -2.82. The number of carbonyl (C=O) groups is 2. The molecule has 0 spiro atoms. The Balaban J connectivity index is 1.85. The van der Waals surface area contributed by atoms with Gasteiger partial charge in [0.15, 0.2) is 6.61 Å². The number of ether oxygens (including phenoxy) is 1. The molecule has 0 heterocycles. The molecule has 2 rings (SSSR count). The number of aryl methyl sites for hydroxylation is 1. The van der Waals surface area contributed by atoms with Crippen LogP contribution in [0.3, 0.4) is 0 Å². The van der Waals surface area contributed by atoms with Crippen molar-refractivity contribution in [2.75, 3.05) is 6.61 Å². The smallest absolute Gasteiger partial charge is 0.276 e. The van der Waals surface area contributed by atoms with E-state index in [4.69, 9.17) is 4.74 Å². The van der Waals surface area contributed by atoms with Gasteiger partial charge in [-0.25, -0.2) is 0 Å². The molecule has 0 aromatic heterocycles. The number of hydrazine groups is 1. The molecule has 5 heteroatoms. The van der Waals surface area contributed by atoms with E-state index in [9.17, 15) is 9.59 Å². The maximum Gasteiger partial charge on any atom is 0.276 e. The monoisotopic (exact) mass is 354 g/mol. The van der Waals surface area contributed by atoms with E-state index in [1.165, 1.54) is 0 Å². The first-order valence-corrected chi connectivity index (χ1v) is 8.57. The summed E-state index contributed by atoms with van der Waals surface area (Å²) in [5.74, 6) is -0.139. The molecule has 0 bridgehead atoms. The highest BCUT2D eigenvalue weighted by molar-refractivity contribution is 5.95. The van der Waals surface area contributed by atoms with Crippen LogP contribution in [0.5, 0.6) is 5.75 Å². The highest BCUT2D eigenvalue weighted by Gasteiger charge is 2.14. The van der Waals surface area contributed by atoms with Crippen LogP contribution in [0.15, 0.2) is 42.5 Å². The van der Waals surface area contributed by atoms with Crippen molar-refractivity contribution < 1.29 is 14.3 Å². The van der Waals surface area contributed by atoms with Gasteiger partial charge in [-0.05, 0) is 54.2 Å². The van der Waals surface area contributed by atoms with Gasteiger partial charge in [0, 0.05) is 5.56 Å². The highest BCUT2D eigenvalue weighted by Crippen LogP contribution is 2.22. The molecule has 0 aliphatic rings. The second-order valence-electron chi connectivity index (χ2n) is 7.32. The van der Waals surface area contributed by atoms with E-state index >= 15 is 0 Å². The zero-order valence-electron chi connectivity index (χ0n) is 16.0. The third kappa shape index (κ3) is 5.09. The number of nitrogens with one attached hydrogen (secondary N) is 2. The van der Waals surface area contributed by atoms with Crippen molar-refractivity contribution in [1.82, 2.24) is 10.9 Å². The van der Waals surface area contributed by atoms with Crippen LogP contribution in [0.1, 0.15) is 47.8 Å². The Morgan fingerprint density at radius 2 is 1.62 bits per heavy atom. The van der Waals surface area contributed by atoms with Gasteiger partial charge in [-0.1, -0.05) is 45.0 Å². The van der Waals surface area contributed by atoms with Gasteiger partial charge < -0.3 is 4.74 Å². The Kier molecular flexibility index (Phi) is 6.03. The van der Waals surface area contributed by atoms with Gasteiger partial charge in [0.05, 0.1) is 0 Å². The molecule has 0 radical (unpaired) electrons. The van der Waals surface area contributed by atoms with Crippen molar-refractivity contribution in [2.24, 2.45) is 0 Å². The minimum Gasteiger partial charge on any atom is -0.483 e. The fourth-order valence-electron chi connectivity index (χ4n) is 2.38. The van der Waals surface area contributed by atoms with E-state index in [0.29, 0.717) is 11.3 Å². The number of benzene rings is 2. The molecule has 5 nitrogen and oxygen atoms in total. The first-order chi connectivity index (χ1) is 12.2. The lowest BCUT2D eigenvalue weighted by atomic mass is 9.87. The lowest BCUT2D eigenvalue weighted by Crippen LogP contribution is -2.43. The van der Waals surface area contributed by atoms with Gasteiger partial charge >= 0.3 is 0 Å². The van der Waals surface area contributed by atoms with E-state index in [1.54, 1.807) is 12.1 Å². The van der Waals surface area contributed by atoms with E-state index < -0.39 is 5.91 Å². The average Bonchev–Trinajstić information content (AvgIpc) is 2.60. The van der Waals surface area contributed by atoms with Gasteiger partial charge in [0.25, 0.3) is 11.8 Å². The van der Waals surface area contributed by atoms with Gasteiger partial charge in [0.2, 0.25) is 0 Å². The molecule has 2 amide bonds. The zero-order valence-corrected chi connectivity index (χ0v) is 16.0. The molecule has 138 valence electrons. The molecular formula is C21H26N2O3. The van der Waals surface area contributed by atoms with Gasteiger partial charge in [-0.15, -0.1) is 0 Å². The van der Waals surface area contributed by atoms with Gasteiger partial charge in [0.1, 0.15) is 5.75 Å². The Labute approximate surface area is 154 Å². The summed E-state index contributed by atoms with van der Waals surface area (Å²) in [5.41, 5.74) is 8.49. The fraction of sp³-hybridized carbons (Fsp3) is 0.333. The third-order valence-corrected chi connectivity index (χ3v) is 4.24. The predicted molar refractivity (Wildman–Crippen MR) is 102 cm³/mol. The van der Waals surface area contributed by atoms with Crippen molar-refractivity contribution in [1.29, 1.82) is 0 Å². The second-order valence-corrected chi connectivity index (χ2v) is 7.32. The molecule has 2 N–H and O–H groups in total. The Bertz CT molecular complexity index is 790. The summed E-state index contributed by atoms with van der Waals surface area (Å²) in [6.45, 7) is 10.1. The summed E-state index contributed by atoms with van der Waals surface area (Å²) in [5, 5.41) is 0. The molecule has 2 aromatic rings. The van der Waals surface area contributed by atoms with Crippen molar-refractivity contribution >= 4 is 11.8 Å². The second kappa shape index (κ2) is 8.04. The lowest BCUT2D eigenvalue weighted by molar-refractivity contribution is -0.123. The summed E-state index contributed by atoms with van der Waals surface area (Å²) in [6.07, 6.45) is 0. The molecule has 0 aliphatic heterocycles. The highest BCUT2D eigenvalue weighted by atomic mass is 16.5. The van der Waals surface area contributed by atoms with Crippen LogP contribution >= 0.6 is 0 Å². The van der Waals surface area contributed by atoms with Crippen LogP contribution in [0.25, 0.3) is 0 Å². The first-order valence-electron chi connectivity index (χ1n) is 8.57. The summed E-state index contributed by atoms with van der Waals surface area (Å²) in [4.78, 5) is 24.0. The largest absolute Gasteiger partial charge is 0.483 e. The van der Waals surface area contributed by atoms with E-state index in [1.807, 2.05) is 44.2 Å². The van der Waals surface area contributed by atoms with Gasteiger partial charge in [-0.3, -0.25) is 20.4 Å². The number of amides is 2. The molecule has 2 aromatic carbocycles. The molecular weight excluding hydrogens is 328 g/mol. The number of rotatable bonds is 4. The Morgan fingerprint density at radius 3 is 2.23 bits per heavy atom. The molecule has 0 fully saturated rings. The number of hydrogen-bond donors (Lipinski definition) is 2. The number of hydrogen-bond acceptors (Lipinski definition) is 3. The summed E-state index contributed by atoms with van der Waals surface area (Å²) in [7, 11) is 0. The minimum atomic E-state index is -0.425. The fourth-order valence-corrected chi connectivity index (χ4v) is 2.38. The molecule has 0 saturated carbocycles. The topological polar surface area (TPSA) is 67.4 Å². The van der Waals surface area contributed by atoms with E-state index in [-0.39, 0.29) is 17.9 Å². The predicted octanol–water partition coefficient (Wildman–Crippen LogP) is 3.44. The van der Waals surface area contributed by atoms with Crippen molar-refractivity contribution in [3.63, 3.8) is 0 Å². The van der Waals surface area contributed by atoms with Crippen molar-refractivity contribution in [3.05, 3.63) is 64.7 Å². The summed E-state index contributed by atoms with van der Waals surface area (Å²) < 4.78 is 5.51. The van der Waals surface area contributed by atoms with E-state index in [0.717, 1.165) is 16.7 Å².